The van der Waals surface area contributed by atoms with E-state index in [9.17, 15) is 8.42 Å². The molecule has 1 aliphatic heterocycles. The van der Waals surface area contributed by atoms with Gasteiger partial charge in [-0.1, -0.05) is 0 Å². The van der Waals surface area contributed by atoms with E-state index in [-0.39, 0.29) is 12.7 Å². The van der Waals surface area contributed by atoms with Gasteiger partial charge in [-0.3, -0.25) is 4.98 Å². The lowest BCUT2D eigenvalue weighted by Crippen LogP contribution is -2.38. The summed E-state index contributed by atoms with van der Waals surface area (Å²) in [6, 6.07) is 3.61. The van der Waals surface area contributed by atoms with Crippen molar-refractivity contribution in [3.63, 3.8) is 0 Å². The predicted octanol–water partition coefficient (Wildman–Crippen LogP) is 0.899. The minimum Gasteiger partial charge on any atom is -0.487 e. The van der Waals surface area contributed by atoms with E-state index < -0.39 is 15.3 Å². The van der Waals surface area contributed by atoms with Gasteiger partial charge in [0.2, 0.25) is 10.0 Å². The van der Waals surface area contributed by atoms with Crippen molar-refractivity contribution in [2.24, 2.45) is 0 Å². The van der Waals surface area contributed by atoms with Gasteiger partial charge in [-0.05, 0) is 25.5 Å². The maximum Gasteiger partial charge on any atom is 0.219 e. The van der Waals surface area contributed by atoms with Crippen molar-refractivity contribution in [1.29, 1.82) is 0 Å². The van der Waals surface area contributed by atoms with Gasteiger partial charge in [-0.25, -0.2) is 8.42 Å². The monoisotopic (exact) mass is 300 g/mol. The summed E-state index contributed by atoms with van der Waals surface area (Å²) in [5.74, 6) is 0.668. The van der Waals surface area contributed by atoms with Gasteiger partial charge in [-0.15, -0.1) is 0 Å². The standard InChI is InChI=1S/C13H20N2O4S/c1-11(10-18-2)20(16,17)15-7-5-13(9-15)19-12-4-3-6-14-8-12/h3-4,6,8,11,13H,5,7,9-10H2,1-2H3/t11-,13-/m1/s1. The Bertz CT molecular complexity index is 520. The molecule has 1 fully saturated rings. The van der Waals surface area contributed by atoms with Crippen LogP contribution in [-0.4, -0.2) is 55.9 Å². The zero-order chi connectivity index (χ0) is 14.6. The molecule has 0 bridgehead atoms. The Morgan fingerprint density at radius 3 is 3.00 bits per heavy atom. The first-order valence-corrected chi connectivity index (χ1v) is 8.09. The van der Waals surface area contributed by atoms with Crippen LogP contribution in [0.25, 0.3) is 0 Å². The average Bonchev–Trinajstić information content (AvgIpc) is 2.89. The van der Waals surface area contributed by atoms with Crippen LogP contribution in [0.4, 0.5) is 0 Å². The van der Waals surface area contributed by atoms with E-state index in [0.717, 1.165) is 0 Å². The molecular formula is C13H20N2O4S. The van der Waals surface area contributed by atoms with Crippen LogP contribution in [0.5, 0.6) is 5.75 Å². The Hall–Kier alpha value is -1.18. The number of nitrogens with zero attached hydrogens (tertiary/aromatic N) is 2. The summed E-state index contributed by atoms with van der Waals surface area (Å²) >= 11 is 0. The minimum absolute atomic E-state index is 0.122. The Labute approximate surface area is 119 Å². The number of sulfonamides is 1. The highest BCUT2D eigenvalue weighted by atomic mass is 32.2. The highest BCUT2D eigenvalue weighted by molar-refractivity contribution is 7.89. The van der Waals surface area contributed by atoms with Crippen LogP contribution < -0.4 is 4.74 Å². The van der Waals surface area contributed by atoms with E-state index in [1.807, 2.05) is 6.07 Å². The Morgan fingerprint density at radius 2 is 2.35 bits per heavy atom. The number of methoxy groups -OCH3 is 1. The first-order valence-electron chi connectivity index (χ1n) is 6.58. The molecule has 0 unspecified atom stereocenters. The van der Waals surface area contributed by atoms with Crippen LogP contribution >= 0.6 is 0 Å². The summed E-state index contributed by atoms with van der Waals surface area (Å²) in [7, 11) is -1.81. The molecule has 1 aliphatic rings. The number of hydrogen-bond acceptors (Lipinski definition) is 5. The minimum atomic E-state index is -3.31. The van der Waals surface area contributed by atoms with Crippen LogP contribution in [0.2, 0.25) is 0 Å². The molecule has 0 N–H and O–H groups in total. The highest BCUT2D eigenvalue weighted by Gasteiger charge is 2.35. The topological polar surface area (TPSA) is 68.7 Å². The van der Waals surface area contributed by atoms with E-state index in [1.165, 1.54) is 11.4 Å². The van der Waals surface area contributed by atoms with Gasteiger partial charge in [0.05, 0.1) is 24.6 Å². The van der Waals surface area contributed by atoms with E-state index in [2.05, 4.69) is 4.98 Å². The molecule has 2 heterocycles. The fourth-order valence-electron chi connectivity index (χ4n) is 2.21. The van der Waals surface area contributed by atoms with Crippen molar-refractivity contribution >= 4 is 10.0 Å². The molecule has 2 atom stereocenters. The van der Waals surface area contributed by atoms with Crippen molar-refractivity contribution in [3.8, 4) is 5.75 Å². The molecule has 6 nitrogen and oxygen atoms in total. The summed E-state index contributed by atoms with van der Waals surface area (Å²) < 4.78 is 36.7. The zero-order valence-electron chi connectivity index (χ0n) is 11.7. The second-order valence-corrected chi connectivity index (χ2v) is 7.24. The van der Waals surface area contributed by atoms with Crippen LogP contribution in [0.15, 0.2) is 24.5 Å². The molecule has 1 saturated heterocycles. The van der Waals surface area contributed by atoms with Gasteiger partial charge in [0, 0.05) is 19.9 Å². The molecule has 0 aliphatic carbocycles. The third-order valence-corrected chi connectivity index (χ3v) is 5.52. The maximum atomic E-state index is 12.3. The summed E-state index contributed by atoms with van der Waals surface area (Å²) in [6.45, 7) is 2.73. The summed E-state index contributed by atoms with van der Waals surface area (Å²) in [6.07, 6.45) is 3.87. The van der Waals surface area contributed by atoms with Crippen LogP contribution in [-0.2, 0) is 14.8 Å². The predicted molar refractivity (Wildman–Crippen MR) is 75.1 cm³/mol. The number of aromatic nitrogens is 1. The SMILES string of the molecule is COC[C@@H](C)S(=O)(=O)N1CC[C@@H](Oc2cccnc2)C1. The molecule has 112 valence electrons. The molecule has 0 aromatic carbocycles. The number of hydrogen-bond donors (Lipinski definition) is 0. The molecule has 0 spiro atoms. The van der Waals surface area contributed by atoms with E-state index in [4.69, 9.17) is 9.47 Å². The molecule has 0 amide bonds. The second-order valence-electron chi connectivity index (χ2n) is 4.89. The summed E-state index contributed by atoms with van der Waals surface area (Å²) in [5.41, 5.74) is 0. The molecule has 20 heavy (non-hydrogen) atoms. The largest absolute Gasteiger partial charge is 0.487 e. The highest BCUT2D eigenvalue weighted by Crippen LogP contribution is 2.21. The van der Waals surface area contributed by atoms with Crippen molar-refractivity contribution in [1.82, 2.24) is 9.29 Å². The Kier molecular flexibility index (Phi) is 4.95. The van der Waals surface area contributed by atoms with E-state index >= 15 is 0 Å². The van der Waals surface area contributed by atoms with Gasteiger partial charge in [-0.2, -0.15) is 4.31 Å². The van der Waals surface area contributed by atoms with Crippen molar-refractivity contribution in [2.75, 3.05) is 26.8 Å². The fourth-order valence-corrected chi connectivity index (χ4v) is 3.76. The average molecular weight is 300 g/mol. The summed E-state index contributed by atoms with van der Waals surface area (Å²) in [4.78, 5) is 3.97. The Morgan fingerprint density at radius 1 is 1.55 bits per heavy atom. The number of pyridine rings is 1. The van der Waals surface area contributed by atoms with Crippen molar-refractivity contribution in [3.05, 3.63) is 24.5 Å². The first kappa shape index (κ1) is 15.2. The van der Waals surface area contributed by atoms with Gasteiger partial charge >= 0.3 is 0 Å². The van der Waals surface area contributed by atoms with Gasteiger partial charge in [0.25, 0.3) is 0 Å². The van der Waals surface area contributed by atoms with Crippen LogP contribution in [0, 0.1) is 0 Å². The van der Waals surface area contributed by atoms with Crippen LogP contribution in [0.1, 0.15) is 13.3 Å². The number of ether oxygens (including phenoxy) is 2. The quantitative estimate of drug-likeness (QED) is 0.781. The number of rotatable bonds is 6. The van der Waals surface area contributed by atoms with Crippen LogP contribution in [0.3, 0.4) is 0 Å². The lowest BCUT2D eigenvalue weighted by atomic mass is 10.3. The normalized spacial score (nSPS) is 21.8. The fraction of sp³-hybridized carbons (Fsp3) is 0.615. The summed E-state index contributed by atoms with van der Waals surface area (Å²) in [5, 5.41) is -0.537. The zero-order valence-corrected chi connectivity index (χ0v) is 12.5. The lowest BCUT2D eigenvalue weighted by Gasteiger charge is -2.21. The molecule has 7 heteroatoms. The molecule has 0 saturated carbocycles. The Balaban J connectivity index is 1.95. The van der Waals surface area contributed by atoms with Crippen molar-refractivity contribution in [2.45, 2.75) is 24.7 Å². The maximum absolute atomic E-state index is 12.3. The first-order chi connectivity index (χ1) is 9.54. The molecule has 1 aromatic heterocycles. The molecular weight excluding hydrogens is 280 g/mol. The van der Waals surface area contributed by atoms with Crippen molar-refractivity contribution < 1.29 is 17.9 Å². The smallest absolute Gasteiger partial charge is 0.219 e. The second kappa shape index (κ2) is 6.51. The molecule has 1 aromatic rings. The third-order valence-electron chi connectivity index (χ3n) is 3.31. The third kappa shape index (κ3) is 3.47. The van der Waals surface area contributed by atoms with E-state index in [1.54, 1.807) is 25.4 Å². The van der Waals surface area contributed by atoms with Gasteiger partial charge in [0.1, 0.15) is 11.9 Å². The lowest BCUT2D eigenvalue weighted by molar-refractivity contribution is 0.196. The molecule has 0 radical (unpaired) electrons. The molecule has 2 rings (SSSR count). The van der Waals surface area contributed by atoms with Gasteiger partial charge < -0.3 is 9.47 Å². The van der Waals surface area contributed by atoms with E-state index in [0.29, 0.717) is 25.3 Å². The van der Waals surface area contributed by atoms with Gasteiger partial charge in [0.15, 0.2) is 0 Å².